The van der Waals surface area contributed by atoms with Crippen LogP contribution in [-0.4, -0.2) is 22.8 Å². The molecule has 0 radical (unpaired) electrons. The zero-order valence-electron chi connectivity index (χ0n) is 11.3. The summed E-state index contributed by atoms with van der Waals surface area (Å²) in [5, 5.41) is 1.00. The maximum atomic E-state index is 6.41. The summed E-state index contributed by atoms with van der Waals surface area (Å²) in [7, 11) is 0. The largest absolute Gasteiger partial charge is 0.344 e. The molecule has 4 fully saturated rings. The fourth-order valence-corrected chi connectivity index (χ4v) is 5.19. The van der Waals surface area contributed by atoms with Gasteiger partial charge in [0.15, 0.2) is 5.79 Å². The minimum Gasteiger partial charge on any atom is -0.344 e. The van der Waals surface area contributed by atoms with E-state index in [4.69, 9.17) is 9.47 Å². The Morgan fingerprint density at radius 1 is 1.18 bits per heavy atom. The molecule has 1 aliphatic heterocycles. The summed E-state index contributed by atoms with van der Waals surface area (Å²) in [6.45, 7) is 8.94. The molecule has 3 saturated carbocycles. The van der Waals surface area contributed by atoms with Crippen LogP contribution in [0.2, 0.25) is 0 Å². The Kier molecular flexibility index (Phi) is 2.55. The first-order valence-electron chi connectivity index (χ1n) is 6.76. The van der Waals surface area contributed by atoms with E-state index in [9.17, 15) is 0 Å². The summed E-state index contributed by atoms with van der Waals surface area (Å²) in [5.41, 5.74) is 0.397. The van der Waals surface area contributed by atoms with Gasteiger partial charge in [-0.05, 0) is 50.4 Å². The first-order valence-corrected chi connectivity index (χ1v) is 7.88. The van der Waals surface area contributed by atoms with Gasteiger partial charge < -0.3 is 9.47 Å². The highest BCUT2D eigenvalue weighted by molar-refractivity contribution is 9.09. The van der Waals surface area contributed by atoms with Crippen molar-refractivity contribution in [1.29, 1.82) is 0 Å². The fraction of sp³-hybridized carbons (Fsp3) is 1.00. The topological polar surface area (TPSA) is 18.5 Å². The van der Waals surface area contributed by atoms with E-state index in [1.54, 1.807) is 0 Å². The summed E-state index contributed by atoms with van der Waals surface area (Å²) in [5.74, 6) is 1.09. The van der Waals surface area contributed by atoms with E-state index < -0.39 is 5.79 Å². The van der Waals surface area contributed by atoms with Crippen LogP contribution in [0.1, 0.15) is 47.0 Å². The predicted molar refractivity (Wildman–Crippen MR) is 71.2 cm³/mol. The van der Waals surface area contributed by atoms with Gasteiger partial charge in [-0.25, -0.2) is 0 Å². The maximum absolute atomic E-state index is 6.41. The third-order valence-corrected chi connectivity index (χ3v) is 5.85. The van der Waals surface area contributed by atoms with Crippen LogP contribution in [-0.2, 0) is 9.47 Å². The Bertz CT molecular complexity index is 339. The van der Waals surface area contributed by atoms with E-state index in [1.807, 2.05) is 0 Å². The average molecular weight is 303 g/mol. The van der Waals surface area contributed by atoms with Crippen molar-refractivity contribution in [3.8, 4) is 0 Å². The van der Waals surface area contributed by atoms with E-state index >= 15 is 0 Å². The van der Waals surface area contributed by atoms with Crippen LogP contribution >= 0.6 is 15.9 Å². The lowest BCUT2D eigenvalue weighted by molar-refractivity contribution is -0.229. The monoisotopic (exact) mass is 302 g/mol. The Balaban J connectivity index is 1.96. The highest BCUT2D eigenvalue weighted by atomic mass is 79.9. The lowest BCUT2D eigenvalue weighted by atomic mass is 9.43. The molecule has 1 saturated heterocycles. The Labute approximate surface area is 113 Å². The zero-order chi connectivity index (χ0) is 12.5. The molecule has 2 bridgehead atoms. The first kappa shape index (κ1) is 12.4. The van der Waals surface area contributed by atoms with Crippen molar-refractivity contribution < 1.29 is 9.47 Å². The van der Waals surface area contributed by atoms with Crippen molar-refractivity contribution in [1.82, 2.24) is 0 Å². The van der Waals surface area contributed by atoms with Gasteiger partial charge in [0.25, 0.3) is 0 Å². The van der Waals surface area contributed by atoms with Crippen LogP contribution < -0.4 is 0 Å². The van der Waals surface area contributed by atoms with Gasteiger partial charge in [-0.1, -0.05) is 29.8 Å². The van der Waals surface area contributed by atoms with E-state index in [0.717, 1.165) is 17.7 Å². The summed E-state index contributed by atoms with van der Waals surface area (Å²) in [6, 6.07) is 0. The van der Waals surface area contributed by atoms with Crippen LogP contribution in [0.5, 0.6) is 0 Å². The maximum Gasteiger partial charge on any atom is 0.164 e. The number of ether oxygens (including phenoxy) is 2. The van der Waals surface area contributed by atoms with Crippen molar-refractivity contribution in [3.63, 3.8) is 0 Å². The number of rotatable bonds is 2. The molecule has 1 heterocycles. The molecule has 3 heteroatoms. The number of hydrogen-bond donors (Lipinski definition) is 0. The smallest absolute Gasteiger partial charge is 0.164 e. The second-order valence-corrected chi connectivity index (χ2v) is 7.84. The summed E-state index contributed by atoms with van der Waals surface area (Å²) < 4.78 is 12.6. The Hall–Kier alpha value is 0.400. The second-order valence-electron chi connectivity index (χ2n) is 7.04. The SMILES string of the molecule is CC1(C)O[C@H]2C[C@H]3C[C@H](C3(C)C)[C@@]2(CCBr)O1. The fourth-order valence-electron chi connectivity index (χ4n) is 4.57. The third-order valence-electron chi connectivity index (χ3n) is 5.45. The molecular formula is C14H23BrO2. The Morgan fingerprint density at radius 3 is 2.47 bits per heavy atom. The van der Waals surface area contributed by atoms with Crippen LogP contribution in [0.25, 0.3) is 0 Å². The van der Waals surface area contributed by atoms with Crippen molar-refractivity contribution in [2.75, 3.05) is 5.33 Å². The Morgan fingerprint density at radius 2 is 1.88 bits per heavy atom. The molecule has 0 aromatic rings. The minimum absolute atomic E-state index is 0.0365. The van der Waals surface area contributed by atoms with Crippen molar-refractivity contribution in [3.05, 3.63) is 0 Å². The van der Waals surface area contributed by atoms with Gasteiger partial charge in [-0.2, -0.15) is 0 Å². The molecule has 0 amide bonds. The number of halogens is 1. The molecule has 3 aliphatic carbocycles. The molecule has 0 aromatic carbocycles. The predicted octanol–water partition coefficient (Wildman–Crippen LogP) is 3.73. The van der Waals surface area contributed by atoms with Gasteiger partial charge in [-0.15, -0.1) is 0 Å². The van der Waals surface area contributed by atoms with Gasteiger partial charge >= 0.3 is 0 Å². The number of hydrogen-bond acceptors (Lipinski definition) is 2. The van der Waals surface area contributed by atoms with Gasteiger partial charge in [-0.3, -0.25) is 0 Å². The molecule has 2 nitrogen and oxygen atoms in total. The molecule has 0 aromatic heterocycles. The standard InChI is InChI=1S/C14H23BrO2/c1-12(2)9-7-10(12)14(5-6-15)11(8-9)16-13(3,4)17-14/h9-11H,5-8H2,1-4H3/t9-,10-,11+,14-/m1/s1. The van der Waals surface area contributed by atoms with Gasteiger partial charge in [0, 0.05) is 5.33 Å². The van der Waals surface area contributed by atoms with Crippen LogP contribution in [0.3, 0.4) is 0 Å². The molecule has 4 rings (SSSR count). The lowest BCUT2D eigenvalue weighted by Gasteiger charge is -2.64. The second kappa shape index (κ2) is 3.49. The quantitative estimate of drug-likeness (QED) is 0.724. The molecule has 17 heavy (non-hydrogen) atoms. The minimum atomic E-state index is -0.402. The summed E-state index contributed by atoms with van der Waals surface area (Å²) >= 11 is 3.60. The van der Waals surface area contributed by atoms with Crippen molar-refractivity contribution >= 4 is 15.9 Å². The highest BCUT2D eigenvalue weighted by Crippen LogP contribution is 2.67. The third kappa shape index (κ3) is 1.51. The van der Waals surface area contributed by atoms with Gasteiger partial charge in [0.2, 0.25) is 0 Å². The molecule has 4 aliphatic rings. The zero-order valence-corrected chi connectivity index (χ0v) is 12.8. The molecule has 0 N–H and O–H groups in total. The van der Waals surface area contributed by atoms with E-state index in [-0.39, 0.29) is 5.60 Å². The van der Waals surface area contributed by atoms with Crippen LogP contribution in [0, 0.1) is 17.3 Å². The lowest BCUT2D eigenvalue weighted by Crippen LogP contribution is -2.66. The molecule has 0 unspecified atom stereocenters. The summed E-state index contributed by atoms with van der Waals surface area (Å²) in [6.07, 6.45) is 3.89. The average Bonchev–Trinajstić information content (AvgIpc) is 2.47. The van der Waals surface area contributed by atoms with Crippen molar-refractivity contribution in [2.45, 2.75) is 64.4 Å². The van der Waals surface area contributed by atoms with Crippen LogP contribution in [0.4, 0.5) is 0 Å². The van der Waals surface area contributed by atoms with Gasteiger partial charge in [0.05, 0.1) is 6.10 Å². The van der Waals surface area contributed by atoms with Crippen LogP contribution in [0.15, 0.2) is 0 Å². The summed E-state index contributed by atoms with van der Waals surface area (Å²) in [4.78, 5) is 0. The van der Waals surface area contributed by atoms with E-state index in [1.165, 1.54) is 12.8 Å². The van der Waals surface area contributed by atoms with Crippen molar-refractivity contribution in [2.24, 2.45) is 17.3 Å². The van der Waals surface area contributed by atoms with E-state index in [2.05, 4.69) is 43.6 Å². The van der Waals surface area contributed by atoms with Gasteiger partial charge in [0.1, 0.15) is 5.60 Å². The highest BCUT2D eigenvalue weighted by Gasteiger charge is 2.70. The molecule has 4 atom stereocenters. The normalized spacial score (nSPS) is 49.6. The van der Waals surface area contributed by atoms with E-state index in [0.29, 0.717) is 17.4 Å². The molecule has 98 valence electrons. The molecule has 0 spiro atoms. The number of alkyl halides is 1. The first-order chi connectivity index (χ1) is 7.82. The molecular weight excluding hydrogens is 280 g/mol.